The van der Waals surface area contributed by atoms with Crippen molar-refractivity contribution in [2.45, 2.75) is 38.1 Å². The summed E-state index contributed by atoms with van der Waals surface area (Å²) in [7, 11) is 1.61. The van der Waals surface area contributed by atoms with Crippen LogP contribution in [0.1, 0.15) is 30.9 Å². The first kappa shape index (κ1) is 11.3. The second-order valence-corrected chi connectivity index (χ2v) is 4.73. The Balaban J connectivity index is 2.48. The van der Waals surface area contributed by atoms with Gasteiger partial charge in [0.2, 0.25) is 0 Å². The lowest BCUT2D eigenvalue weighted by atomic mass is 9.87. The fourth-order valence-electron chi connectivity index (χ4n) is 2.41. The quantitative estimate of drug-likeness (QED) is 0.821. The highest BCUT2D eigenvalue weighted by atomic mass is 16.5. The monoisotopic (exact) mass is 221 g/mol. The predicted octanol–water partition coefficient (Wildman–Crippen LogP) is 2.09. The third kappa shape index (κ3) is 1.47. The topological polar surface area (TPSA) is 55.5 Å². The molecule has 2 rings (SSSR count). The molecule has 0 spiro atoms. The first-order valence-corrected chi connectivity index (χ1v) is 5.65. The number of phenolic OH excluding ortho intramolecular Hbond substituents is 1. The summed E-state index contributed by atoms with van der Waals surface area (Å²) in [5.41, 5.74) is 7.77. The molecule has 1 fully saturated rings. The number of rotatable bonds is 3. The lowest BCUT2D eigenvalue weighted by molar-refractivity contribution is 0.397. The molecular weight excluding hydrogens is 202 g/mol. The van der Waals surface area contributed by atoms with Crippen molar-refractivity contribution in [2.75, 3.05) is 7.11 Å². The van der Waals surface area contributed by atoms with Crippen LogP contribution in [-0.2, 0) is 5.41 Å². The molecule has 3 heteroatoms. The lowest BCUT2D eigenvalue weighted by Gasteiger charge is -2.22. The number of ether oxygens (including phenoxy) is 1. The maximum absolute atomic E-state index is 10.2. The number of phenols is 1. The van der Waals surface area contributed by atoms with Crippen LogP contribution in [0.25, 0.3) is 0 Å². The molecule has 1 saturated carbocycles. The van der Waals surface area contributed by atoms with Gasteiger partial charge in [-0.2, -0.15) is 0 Å². The molecule has 0 aliphatic heterocycles. The molecule has 1 aliphatic rings. The number of benzene rings is 1. The molecule has 0 amide bonds. The van der Waals surface area contributed by atoms with E-state index in [4.69, 9.17) is 10.5 Å². The average molecular weight is 221 g/mol. The van der Waals surface area contributed by atoms with Gasteiger partial charge in [-0.05, 0) is 32.8 Å². The van der Waals surface area contributed by atoms with Gasteiger partial charge in [0.1, 0.15) is 11.5 Å². The Kier molecular flexibility index (Phi) is 2.58. The van der Waals surface area contributed by atoms with Crippen molar-refractivity contribution in [2.24, 2.45) is 5.73 Å². The Hall–Kier alpha value is -1.22. The average Bonchev–Trinajstić information content (AvgIpc) is 3.03. The Morgan fingerprint density at radius 2 is 2.06 bits per heavy atom. The summed E-state index contributed by atoms with van der Waals surface area (Å²) in [6.07, 6.45) is 2.12. The molecule has 0 heterocycles. The largest absolute Gasteiger partial charge is 0.507 e. The fourth-order valence-corrected chi connectivity index (χ4v) is 2.41. The Labute approximate surface area is 96.2 Å². The molecule has 1 unspecified atom stereocenters. The molecule has 1 atom stereocenters. The zero-order valence-corrected chi connectivity index (χ0v) is 10.1. The summed E-state index contributed by atoms with van der Waals surface area (Å²) in [5, 5.41) is 10.2. The SMILES string of the molecule is COc1ccc(C2(C(C)N)CC2)c(O)c1C. The van der Waals surface area contributed by atoms with Crippen molar-refractivity contribution < 1.29 is 9.84 Å². The Morgan fingerprint density at radius 1 is 1.44 bits per heavy atom. The molecule has 0 bridgehead atoms. The first-order chi connectivity index (χ1) is 7.53. The van der Waals surface area contributed by atoms with Crippen molar-refractivity contribution in [1.29, 1.82) is 0 Å². The fraction of sp³-hybridized carbons (Fsp3) is 0.538. The zero-order chi connectivity index (χ0) is 11.9. The maximum Gasteiger partial charge on any atom is 0.125 e. The van der Waals surface area contributed by atoms with Crippen LogP contribution in [-0.4, -0.2) is 18.3 Å². The van der Waals surface area contributed by atoms with E-state index in [0.29, 0.717) is 5.75 Å². The van der Waals surface area contributed by atoms with Gasteiger partial charge in [0.15, 0.2) is 0 Å². The molecule has 88 valence electrons. The van der Waals surface area contributed by atoms with Crippen LogP contribution in [0, 0.1) is 6.92 Å². The van der Waals surface area contributed by atoms with Crippen LogP contribution in [0.3, 0.4) is 0 Å². The van der Waals surface area contributed by atoms with E-state index in [1.54, 1.807) is 7.11 Å². The molecule has 0 radical (unpaired) electrons. The number of methoxy groups -OCH3 is 1. The third-order valence-electron chi connectivity index (χ3n) is 3.80. The van der Waals surface area contributed by atoms with Crippen LogP contribution < -0.4 is 10.5 Å². The minimum atomic E-state index is -0.0128. The number of nitrogens with two attached hydrogens (primary N) is 1. The minimum absolute atomic E-state index is 0.0128. The smallest absolute Gasteiger partial charge is 0.125 e. The van der Waals surface area contributed by atoms with E-state index < -0.39 is 0 Å². The van der Waals surface area contributed by atoms with Gasteiger partial charge in [-0.3, -0.25) is 0 Å². The first-order valence-electron chi connectivity index (χ1n) is 5.65. The van der Waals surface area contributed by atoms with E-state index in [9.17, 15) is 5.11 Å². The summed E-state index contributed by atoms with van der Waals surface area (Å²) in [6.45, 7) is 3.88. The molecule has 0 aromatic heterocycles. The summed E-state index contributed by atoms with van der Waals surface area (Å²) in [6, 6.07) is 3.93. The zero-order valence-electron chi connectivity index (χ0n) is 10.1. The summed E-state index contributed by atoms with van der Waals surface area (Å²) < 4.78 is 5.18. The molecule has 16 heavy (non-hydrogen) atoms. The van der Waals surface area contributed by atoms with Gasteiger partial charge in [-0.15, -0.1) is 0 Å². The van der Waals surface area contributed by atoms with Crippen molar-refractivity contribution in [3.8, 4) is 11.5 Å². The highest BCUT2D eigenvalue weighted by molar-refractivity contribution is 5.53. The molecular formula is C13H19NO2. The van der Waals surface area contributed by atoms with Crippen LogP contribution in [0.5, 0.6) is 11.5 Å². The summed E-state index contributed by atoms with van der Waals surface area (Å²) in [4.78, 5) is 0. The molecule has 1 aromatic rings. The number of hydrogen-bond donors (Lipinski definition) is 2. The summed E-state index contributed by atoms with van der Waals surface area (Å²) >= 11 is 0. The Bertz CT molecular complexity index is 409. The van der Waals surface area contributed by atoms with E-state index in [1.807, 2.05) is 26.0 Å². The van der Waals surface area contributed by atoms with E-state index in [-0.39, 0.29) is 11.5 Å². The standard InChI is InChI=1S/C13H19NO2/c1-8-11(16-3)5-4-10(12(8)15)13(6-7-13)9(2)14/h4-5,9,15H,6-7,14H2,1-3H3. The van der Waals surface area contributed by atoms with Crippen LogP contribution in [0.4, 0.5) is 0 Å². The van der Waals surface area contributed by atoms with Crippen molar-refractivity contribution in [3.05, 3.63) is 23.3 Å². The highest BCUT2D eigenvalue weighted by Crippen LogP contribution is 2.54. The van der Waals surface area contributed by atoms with E-state index in [0.717, 1.165) is 29.7 Å². The number of hydrogen-bond acceptors (Lipinski definition) is 3. The second kappa shape index (κ2) is 3.67. The van der Waals surface area contributed by atoms with Gasteiger partial charge in [0.05, 0.1) is 7.11 Å². The molecule has 0 saturated heterocycles. The van der Waals surface area contributed by atoms with Crippen LogP contribution in [0.2, 0.25) is 0 Å². The third-order valence-corrected chi connectivity index (χ3v) is 3.80. The van der Waals surface area contributed by atoms with Gasteiger partial charge >= 0.3 is 0 Å². The van der Waals surface area contributed by atoms with Gasteiger partial charge in [0.25, 0.3) is 0 Å². The van der Waals surface area contributed by atoms with Crippen molar-refractivity contribution >= 4 is 0 Å². The molecule has 3 nitrogen and oxygen atoms in total. The molecule has 1 aromatic carbocycles. The van der Waals surface area contributed by atoms with E-state index >= 15 is 0 Å². The molecule has 3 N–H and O–H groups in total. The van der Waals surface area contributed by atoms with Gasteiger partial charge in [-0.1, -0.05) is 6.07 Å². The number of aromatic hydroxyl groups is 1. The Morgan fingerprint density at radius 3 is 2.50 bits per heavy atom. The second-order valence-electron chi connectivity index (χ2n) is 4.73. The maximum atomic E-state index is 10.2. The highest BCUT2D eigenvalue weighted by Gasteiger charge is 2.49. The lowest BCUT2D eigenvalue weighted by Crippen LogP contribution is -2.31. The van der Waals surface area contributed by atoms with Gasteiger partial charge in [-0.25, -0.2) is 0 Å². The molecule has 1 aliphatic carbocycles. The predicted molar refractivity (Wildman–Crippen MR) is 64.0 cm³/mol. The van der Waals surface area contributed by atoms with Crippen LogP contribution in [0.15, 0.2) is 12.1 Å². The van der Waals surface area contributed by atoms with E-state index in [1.165, 1.54) is 0 Å². The van der Waals surface area contributed by atoms with Crippen molar-refractivity contribution in [3.63, 3.8) is 0 Å². The van der Waals surface area contributed by atoms with Gasteiger partial charge in [0, 0.05) is 22.6 Å². The van der Waals surface area contributed by atoms with E-state index in [2.05, 4.69) is 0 Å². The van der Waals surface area contributed by atoms with Crippen LogP contribution >= 0.6 is 0 Å². The van der Waals surface area contributed by atoms with Gasteiger partial charge < -0.3 is 15.6 Å². The summed E-state index contributed by atoms with van der Waals surface area (Å²) in [5.74, 6) is 1.07. The minimum Gasteiger partial charge on any atom is -0.507 e. The normalized spacial score (nSPS) is 19.2. The van der Waals surface area contributed by atoms with Crippen molar-refractivity contribution in [1.82, 2.24) is 0 Å².